The first kappa shape index (κ1) is 24.0. The Bertz CT molecular complexity index is 837. The van der Waals surface area contributed by atoms with Crippen molar-refractivity contribution in [3.63, 3.8) is 0 Å². The molecule has 7 heteroatoms. The third kappa shape index (κ3) is 7.82. The predicted octanol–water partition coefficient (Wildman–Crippen LogP) is 2.80. The molecule has 0 aromatic heterocycles. The number of nitrogens with one attached hydrogen (secondary N) is 2. The quantitative estimate of drug-likeness (QED) is 0.318. The van der Waals surface area contributed by atoms with Crippen LogP contribution in [0.5, 0.6) is 5.75 Å². The molecular formula is C25H36N4O3. The molecule has 3 rings (SSSR count). The van der Waals surface area contributed by atoms with Gasteiger partial charge in [-0.3, -0.25) is 4.90 Å². The minimum Gasteiger partial charge on any atom is -0.496 e. The van der Waals surface area contributed by atoms with Gasteiger partial charge in [0.25, 0.3) is 0 Å². The number of hydrogen-bond donors (Lipinski definition) is 2. The van der Waals surface area contributed by atoms with Crippen molar-refractivity contribution < 1.29 is 14.2 Å². The van der Waals surface area contributed by atoms with Gasteiger partial charge in [-0.1, -0.05) is 42.5 Å². The van der Waals surface area contributed by atoms with Crippen LogP contribution in [-0.4, -0.2) is 64.0 Å². The second kappa shape index (κ2) is 13.7. The summed E-state index contributed by atoms with van der Waals surface area (Å²) in [5, 5.41) is 6.68. The Labute approximate surface area is 191 Å². The van der Waals surface area contributed by atoms with E-state index in [1.54, 1.807) is 7.11 Å². The topological polar surface area (TPSA) is 67.4 Å². The summed E-state index contributed by atoms with van der Waals surface area (Å²) in [6.07, 6.45) is 0. The van der Waals surface area contributed by atoms with Crippen LogP contribution in [0.1, 0.15) is 23.6 Å². The van der Waals surface area contributed by atoms with Gasteiger partial charge in [0.15, 0.2) is 5.96 Å². The molecule has 2 N–H and O–H groups in total. The Balaban J connectivity index is 1.48. The van der Waals surface area contributed by atoms with E-state index in [9.17, 15) is 0 Å². The molecule has 32 heavy (non-hydrogen) atoms. The van der Waals surface area contributed by atoms with Gasteiger partial charge >= 0.3 is 0 Å². The summed E-state index contributed by atoms with van der Waals surface area (Å²) < 4.78 is 16.7. The van der Waals surface area contributed by atoms with E-state index in [4.69, 9.17) is 19.2 Å². The van der Waals surface area contributed by atoms with E-state index >= 15 is 0 Å². The highest BCUT2D eigenvalue weighted by atomic mass is 16.5. The molecule has 1 saturated heterocycles. The van der Waals surface area contributed by atoms with Gasteiger partial charge in [-0.05, 0) is 24.1 Å². The molecule has 7 nitrogen and oxygen atoms in total. The number of guanidine groups is 1. The lowest BCUT2D eigenvalue weighted by Crippen LogP contribution is -2.39. The maximum absolute atomic E-state index is 5.82. The number of para-hydroxylation sites is 1. The summed E-state index contributed by atoms with van der Waals surface area (Å²) in [4.78, 5) is 7.24. The van der Waals surface area contributed by atoms with Crippen LogP contribution in [0.3, 0.4) is 0 Å². The second-order valence-corrected chi connectivity index (χ2v) is 7.64. The summed E-state index contributed by atoms with van der Waals surface area (Å²) in [5.74, 6) is 1.65. The van der Waals surface area contributed by atoms with E-state index in [2.05, 4.69) is 46.7 Å². The van der Waals surface area contributed by atoms with Gasteiger partial charge in [0.05, 0.1) is 40.1 Å². The number of ether oxygens (including phenoxy) is 3. The van der Waals surface area contributed by atoms with Crippen molar-refractivity contribution in [2.24, 2.45) is 4.99 Å². The molecule has 0 spiro atoms. The lowest BCUT2D eigenvalue weighted by Gasteiger charge is -2.27. The number of nitrogens with zero attached hydrogens (tertiary/aromatic N) is 2. The van der Waals surface area contributed by atoms with Crippen LogP contribution in [0.4, 0.5) is 0 Å². The van der Waals surface area contributed by atoms with Crippen molar-refractivity contribution in [3.05, 3.63) is 65.2 Å². The zero-order chi connectivity index (χ0) is 22.4. The van der Waals surface area contributed by atoms with Gasteiger partial charge in [-0.2, -0.15) is 0 Å². The largest absolute Gasteiger partial charge is 0.496 e. The van der Waals surface area contributed by atoms with Crippen molar-refractivity contribution >= 4 is 5.96 Å². The third-order valence-corrected chi connectivity index (χ3v) is 5.36. The Morgan fingerprint density at radius 1 is 1.00 bits per heavy atom. The molecule has 1 heterocycles. The van der Waals surface area contributed by atoms with Gasteiger partial charge in [0.2, 0.25) is 0 Å². The summed E-state index contributed by atoms with van der Waals surface area (Å²) in [6, 6.07) is 16.5. The van der Waals surface area contributed by atoms with Crippen LogP contribution in [0.15, 0.2) is 53.5 Å². The fourth-order valence-electron chi connectivity index (χ4n) is 3.62. The average molecular weight is 441 g/mol. The molecule has 0 saturated carbocycles. The van der Waals surface area contributed by atoms with E-state index in [1.165, 1.54) is 11.1 Å². The van der Waals surface area contributed by atoms with Crippen molar-refractivity contribution in [1.29, 1.82) is 0 Å². The number of rotatable bonds is 11. The van der Waals surface area contributed by atoms with Crippen LogP contribution in [-0.2, 0) is 29.2 Å². The molecular weight excluding hydrogens is 404 g/mol. The van der Waals surface area contributed by atoms with Crippen molar-refractivity contribution in [2.75, 3.05) is 53.1 Å². The lowest BCUT2D eigenvalue weighted by atomic mass is 10.1. The smallest absolute Gasteiger partial charge is 0.191 e. The molecule has 0 amide bonds. The Morgan fingerprint density at radius 2 is 1.72 bits per heavy atom. The fraction of sp³-hybridized carbons (Fsp3) is 0.480. The summed E-state index contributed by atoms with van der Waals surface area (Å²) >= 11 is 0. The molecule has 1 aliphatic rings. The summed E-state index contributed by atoms with van der Waals surface area (Å²) in [5.41, 5.74) is 3.63. The molecule has 0 bridgehead atoms. The highest BCUT2D eigenvalue weighted by Crippen LogP contribution is 2.18. The number of methoxy groups -OCH3 is 1. The third-order valence-electron chi connectivity index (χ3n) is 5.36. The second-order valence-electron chi connectivity index (χ2n) is 7.64. The molecule has 2 aromatic carbocycles. The minimum atomic E-state index is 0.522. The van der Waals surface area contributed by atoms with E-state index in [0.29, 0.717) is 26.3 Å². The van der Waals surface area contributed by atoms with Gasteiger partial charge < -0.3 is 24.8 Å². The lowest BCUT2D eigenvalue weighted by molar-refractivity contribution is 0.0341. The van der Waals surface area contributed by atoms with Crippen molar-refractivity contribution in [1.82, 2.24) is 15.5 Å². The molecule has 2 aromatic rings. The van der Waals surface area contributed by atoms with E-state index < -0.39 is 0 Å². The molecule has 0 atom stereocenters. The highest BCUT2D eigenvalue weighted by molar-refractivity contribution is 5.79. The number of aliphatic imine (C=N–C) groups is 1. The van der Waals surface area contributed by atoms with Crippen LogP contribution in [0.2, 0.25) is 0 Å². The fourth-order valence-corrected chi connectivity index (χ4v) is 3.62. The maximum Gasteiger partial charge on any atom is 0.191 e. The van der Waals surface area contributed by atoms with Crippen LogP contribution in [0.25, 0.3) is 0 Å². The predicted molar refractivity (Wildman–Crippen MR) is 128 cm³/mol. The molecule has 0 unspecified atom stereocenters. The van der Waals surface area contributed by atoms with E-state index in [-0.39, 0.29) is 0 Å². The first-order valence-corrected chi connectivity index (χ1v) is 11.4. The molecule has 1 aliphatic heterocycles. The van der Waals surface area contributed by atoms with Crippen LogP contribution < -0.4 is 15.4 Å². The van der Waals surface area contributed by atoms with Gasteiger partial charge in [-0.15, -0.1) is 0 Å². The maximum atomic E-state index is 5.82. The summed E-state index contributed by atoms with van der Waals surface area (Å²) in [6.45, 7) is 9.83. The molecule has 0 radical (unpaired) electrons. The number of hydrogen-bond acceptors (Lipinski definition) is 5. The average Bonchev–Trinajstić information content (AvgIpc) is 2.84. The highest BCUT2D eigenvalue weighted by Gasteiger charge is 2.12. The Kier molecular flexibility index (Phi) is 10.3. The summed E-state index contributed by atoms with van der Waals surface area (Å²) in [7, 11) is 1.68. The van der Waals surface area contributed by atoms with Crippen molar-refractivity contribution in [3.8, 4) is 5.75 Å². The van der Waals surface area contributed by atoms with Gasteiger partial charge in [0.1, 0.15) is 5.75 Å². The molecule has 0 aliphatic carbocycles. The van der Waals surface area contributed by atoms with Crippen LogP contribution in [0, 0.1) is 0 Å². The van der Waals surface area contributed by atoms with Gasteiger partial charge in [0, 0.05) is 38.3 Å². The Morgan fingerprint density at radius 3 is 2.47 bits per heavy atom. The number of benzene rings is 2. The van der Waals surface area contributed by atoms with Crippen LogP contribution >= 0.6 is 0 Å². The van der Waals surface area contributed by atoms with Gasteiger partial charge in [-0.25, -0.2) is 4.99 Å². The first-order valence-electron chi connectivity index (χ1n) is 11.4. The zero-order valence-electron chi connectivity index (χ0n) is 19.3. The Hall–Kier alpha value is -2.61. The van der Waals surface area contributed by atoms with E-state index in [0.717, 1.165) is 56.7 Å². The SMILES string of the molecule is CCNC(=NCc1ccccc1CN1CCOCC1)NCCOCc1ccccc1OC. The number of morpholine rings is 1. The monoisotopic (exact) mass is 440 g/mol. The van der Waals surface area contributed by atoms with E-state index in [1.807, 2.05) is 24.3 Å². The molecule has 174 valence electrons. The standard InChI is InChI=1S/C25H36N4O3/c1-3-26-25(27-12-15-32-20-23-10-6-7-11-24(23)30-2)28-18-21-8-4-5-9-22(21)19-29-13-16-31-17-14-29/h4-11H,3,12-20H2,1-2H3,(H2,26,27,28). The minimum absolute atomic E-state index is 0.522. The van der Waals surface area contributed by atoms with Crippen molar-refractivity contribution in [2.45, 2.75) is 26.6 Å². The first-order chi connectivity index (χ1) is 15.8. The molecule has 1 fully saturated rings. The normalized spacial score (nSPS) is 14.9. The zero-order valence-corrected chi connectivity index (χ0v) is 19.3.